The Morgan fingerprint density at radius 3 is 2.41 bits per heavy atom. The first kappa shape index (κ1) is 21.6. The Morgan fingerprint density at radius 2 is 1.72 bits per heavy atom. The third kappa shape index (κ3) is 4.67. The van der Waals surface area contributed by atoms with Crippen LogP contribution in [0.3, 0.4) is 0 Å². The predicted molar refractivity (Wildman–Crippen MR) is 129 cm³/mol. The molecule has 0 radical (unpaired) electrons. The van der Waals surface area contributed by atoms with Crippen molar-refractivity contribution in [1.82, 2.24) is 14.7 Å². The molecule has 4 rings (SSSR count). The van der Waals surface area contributed by atoms with Crippen molar-refractivity contribution in [3.05, 3.63) is 78.6 Å². The molecule has 0 saturated carbocycles. The van der Waals surface area contributed by atoms with Crippen LogP contribution in [0.15, 0.2) is 72.9 Å². The van der Waals surface area contributed by atoms with Crippen molar-refractivity contribution in [1.29, 1.82) is 0 Å². The van der Waals surface area contributed by atoms with Crippen LogP contribution >= 0.6 is 0 Å². The van der Waals surface area contributed by atoms with E-state index in [1.807, 2.05) is 55.5 Å². The van der Waals surface area contributed by atoms with Crippen molar-refractivity contribution in [3.63, 3.8) is 0 Å². The van der Waals surface area contributed by atoms with Gasteiger partial charge in [-0.05, 0) is 67.3 Å². The molecule has 0 spiro atoms. The van der Waals surface area contributed by atoms with E-state index in [1.54, 1.807) is 7.11 Å². The lowest BCUT2D eigenvalue weighted by molar-refractivity contribution is -0.121. The Balaban J connectivity index is 1.75. The van der Waals surface area contributed by atoms with Crippen LogP contribution in [0.2, 0.25) is 0 Å². The van der Waals surface area contributed by atoms with Crippen molar-refractivity contribution < 1.29 is 9.53 Å². The number of imidazole rings is 1. The van der Waals surface area contributed by atoms with Crippen molar-refractivity contribution in [2.75, 3.05) is 7.11 Å². The molecule has 32 heavy (non-hydrogen) atoms. The molecule has 5 nitrogen and oxygen atoms in total. The fourth-order valence-electron chi connectivity index (χ4n) is 3.79. The minimum absolute atomic E-state index is 0.0641. The molecule has 0 aliphatic carbocycles. The van der Waals surface area contributed by atoms with Crippen LogP contribution in [-0.2, 0) is 11.2 Å². The standard InChI is InChI=1S/C27H29N3O2/c1-4-19(2)28-26(31)17-15-24-27(21-10-13-23(32-3)14-11-21)29-25-16-12-22(18-30(24)25)20-8-6-5-7-9-20/h5-14,16,18-19H,4,15,17H2,1-3H3,(H,28,31)/t19-/m1/s1. The zero-order chi connectivity index (χ0) is 22.5. The van der Waals surface area contributed by atoms with Crippen molar-refractivity contribution in [3.8, 4) is 28.1 Å². The molecule has 2 aromatic carbocycles. The number of carbonyl (C=O) groups is 1. The number of nitrogens with one attached hydrogen (secondary N) is 1. The van der Waals surface area contributed by atoms with Crippen molar-refractivity contribution in [2.24, 2.45) is 0 Å². The SMILES string of the molecule is CC[C@@H](C)NC(=O)CCc1c(-c2ccc(OC)cc2)nc2ccc(-c3ccccc3)cn12. The number of aryl methyl sites for hydroxylation is 1. The number of amides is 1. The zero-order valence-electron chi connectivity index (χ0n) is 18.8. The summed E-state index contributed by atoms with van der Waals surface area (Å²) < 4.78 is 7.43. The van der Waals surface area contributed by atoms with Crippen molar-refractivity contribution in [2.45, 2.75) is 39.2 Å². The molecule has 1 atom stereocenters. The Morgan fingerprint density at radius 1 is 1.00 bits per heavy atom. The summed E-state index contributed by atoms with van der Waals surface area (Å²) in [7, 11) is 1.66. The van der Waals surface area contributed by atoms with Gasteiger partial charge >= 0.3 is 0 Å². The second-order valence-electron chi connectivity index (χ2n) is 8.02. The summed E-state index contributed by atoms with van der Waals surface area (Å²) in [6.45, 7) is 4.10. The molecule has 164 valence electrons. The number of aromatic nitrogens is 2. The van der Waals surface area contributed by atoms with E-state index in [9.17, 15) is 4.79 Å². The maximum absolute atomic E-state index is 12.5. The maximum Gasteiger partial charge on any atom is 0.220 e. The van der Waals surface area contributed by atoms with E-state index in [0.29, 0.717) is 12.8 Å². The number of pyridine rings is 1. The van der Waals surface area contributed by atoms with Gasteiger partial charge in [-0.3, -0.25) is 4.79 Å². The highest BCUT2D eigenvalue weighted by atomic mass is 16.5. The van der Waals surface area contributed by atoms with Gasteiger partial charge in [0.15, 0.2) is 0 Å². The van der Waals surface area contributed by atoms with Crippen LogP contribution in [0.4, 0.5) is 0 Å². The Bertz CT molecular complexity index is 1200. The van der Waals surface area contributed by atoms with Gasteiger partial charge < -0.3 is 14.5 Å². The lowest BCUT2D eigenvalue weighted by Crippen LogP contribution is -2.32. The number of ether oxygens (including phenoxy) is 1. The normalized spacial score (nSPS) is 12.0. The first-order chi connectivity index (χ1) is 15.6. The van der Waals surface area contributed by atoms with Gasteiger partial charge in [0.25, 0.3) is 0 Å². The van der Waals surface area contributed by atoms with Crippen LogP contribution in [0, 0.1) is 0 Å². The van der Waals surface area contributed by atoms with Gasteiger partial charge in [0, 0.05) is 24.2 Å². The number of rotatable bonds is 8. The van der Waals surface area contributed by atoms with Gasteiger partial charge in [-0.15, -0.1) is 0 Å². The largest absolute Gasteiger partial charge is 0.497 e. The second-order valence-corrected chi connectivity index (χ2v) is 8.02. The quantitative estimate of drug-likeness (QED) is 0.403. The molecule has 0 aliphatic rings. The molecule has 2 aromatic heterocycles. The smallest absolute Gasteiger partial charge is 0.220 e. The summed E-state index contributed by atoms with van der Waals surface area (Å²) in [5.74, 6) is 0.868. The molecule has 0 fully saturated rings. The van der Waals surface area contributed by atoms with E-state index < -0.39 is 0 Å². The van der Waals surface area contributed by atoms with E-state index >= 15 is 0 Å². The Hall–Kier alpha value is -3.60. The fourth-order valence-corrected chi connectivity index (χ4v) is 3.79. The summed E-state index contributed by atoms with van der Waals surface area (Å²) >= 11 is 0. The minimum atomic E-state index is 0.0641. The molecule has 0 bridgehead atoms. The first-order valence-corrected chi connectivity index (χ1v) is 11.1. The van der Waals surface area contributed by atoms with Gasteiger partial charge in [-0.2, -0.15) is 0 Å². The van der Waals surface area contributed by atoms with Gasteiger partial charge in [-0.1, -0.05) is 37.3 Å². The number of hydrogen-bond donors (Lipinski definition) is 1. The number of fused-ring (bicyclic) bond motifs is 1. The zero-order valence-corrected chi connectivity index (χ0v) is 18.8. The highest BCUT2D eigenvalue weighted by molar-refractivity contribution is 5.77. The Kier molecular flexibility index (Phi) is 6.55. The van der Waals surface area contributed by atoms with Crippen LogP contribution in [0.25, 0.3) is 28.0 Å². The fraction of sp³-hybridized carbons (Fsp3) is 0.259. The predicted octanol–water partition coefficient (Wildman–Crippen LogP) is 5.52. The average Bonchev–Trinajstić information content (AvgIpc) is 3.21. The molecule has 5 heteroatoms. The topological polar surface area (TPSA) is 55.6 Å². The van der Waals surface area contributed by atoms with Crippen LogP contribution in [-0.4, -0.2) is 28.4 Å². The monoisotopic (exact) mass is 427 g/mol. The number of benzene rings is 2. The van der Waals surface area contributed by atoms with Crippen LogP contribution in [0.1, 0.15) is 32.4 Å². The Labute approximate surface area is 189 Å². The van der Waals surface area contributed by atoms with E-state index in [4.69, 9.17) is 9.72 Å². The molecular formula is C27H29N3O2. The molecule has 0 saturated heterocycles. The number of methoxy groups -OCH3 is 1. The van der Waals surface area contributed by atoms with E-state index in [-0.39, 0.29) is 11.9 Å². The number of nitrogens with zero attached hydrogens (tertiary/aromatic N) is 2. The molecule has 0 aliphatic heterocycles. The highest BCUT2D eigenvalue weighted by Crippen LogP contribution is 2.29. The van der Waals surface area contributed by atoms with Gasteiger partial charge in [-0.25, -0.2) is 4.98 Å². The summed E-state index contributed by atoms with van der Waals surface area (Å²) in [5, 5.41) is 3.07. The average molecular weight is 428 g/mol. The van der Waals surface area contributed by atoms with E-state index in [0.717, 1.165) is 45.9 Å². The lowest BCUT2D eigenvalue weighted by atomic mass is 10.1. The van der Waals surface area contributed by atoms with Crippen LogP contribution < -0.4 is 10.1 Å². The molecule has 1 amide bonds. The molecule has 2 heterocycles. The molecular weight excluding hydrogens is 398 g/mol. The first-order valence-electron chi connectivity index (χ1n) is 11.1. The number of hydrogen-bond acceptors (Lipinski definition) is 3. The van der Waals surface area contributed by atoms with Gasteiger partial charge in [0.2, 0.25) is 5.91 Å². The van der Waals surface area contributed by atoms with Gasteiger partial charge in [0.05, 0.1) is 18.5 Å². The summed E-state index contributed by atoms with van der Waals surface area (Å²) in [4.78, 5) is 17.4. The van der Waals surface area contributed by atoms with E-state index in [2.05, 4.69) is 41.0 Å². The number of carbonyl (C=O) groups excluding carboxylic acids is 1. The highest BCUT2D eigenvalue weighted by Gasteiger charge is 2.17. The van der Waals surface area contributed by atoms with E-state index in [1.165, 1.54) is 0 Å². The van der Waals surface area contributed by atoms with Crippen LogP contribution in [0.5, 0.6) is 5.75 Å². The summed E-state index contributed by atoms with van der Waals surface area (Å²) in [6, 6.07) is 22.5. The molecule has 0 unspecified atom stereocenters. The summed E-state index contributed by atoms with van der Waals surface area (Å²) in [6.07, 6.45) is 4.05. The lowest BCUT2D eigenvalue weighted by Gasteiger charge is -2.12. The maximum atomic E-state index is 12.5. The summed E-state index contributed by atoms with van der Waals surface area (Å²) in [5.41, 5.74) is 6.06. The molecule has 4 aromatic rings. The van der Waals surface area contributed by atoms with Gasteiger partial charge in [0.1, 0.15) is 11.4 Å². The van der Waals surface area contributed by atoms with Crippen molar-refractivity contribution >= 4 is 11.6 Å². The second kappa shape index (κ2) is 9.69. The molecule has 1 N–H and O–H groups in total. The third-order valence-corrected chi connectivity index (χ3v) is 5.80. The third-order valence-electron chi connectivity index (χ3n) is 5.80. The minimum Gasteiger partial charge on any atom is -0.497 e.